The van der Waals surface area contributed by atoms with Gasteiger partial charge in [-0.05, 0) is 44.0 Å². The van der Waals surface area contributed by atoms with Crippen LogP contribution in [0, 0.1) is 5.92 Å². The van der Waals surface area contributed by atoms with Gasteiger partial charge < -0.3 is 20.1 Å². The van der Waals surface area contributed by atoms with Crippen molar-refractivity contribution in [2.75, 3.05) is 31.5 Å². The number of aromatic nitrogens is 1. The van der Waals surface area contributed by atoms with Gasteiger partial charge in [-0.3, -0.25) is 14.4 Å². The maximum absolute atomic E-state index is 11.9. The molecule has 7 heteroatoms. The van der Waals surface area contributed by atoms with Crippen LogP contribution in [-0.2, 0) is 16.6 Å². The zero-order chi connectivity index (χ0) is 17.5. The summed E-state index contributed by atoms with van der Waals surface area (Å²) >= 11 is 0. The third kappa shape index (κ3) is 5.19. The molecule has 0 bridgehead atoms. The van der Waals surface area contributed by atoms with Crippen molar-refractivity contribution in [2.24, 2.45) is 13.0 Å². The molecule has 1 atom stereocenters. The molecule has 24 heavy (non-hydrogen) atoms. The van der Waals surface area contributed by atoms with E-state index >= 15 is 0 Å². The molecule has 2 rings (SSSR count). The van der Waals surface area contributed by atoms with E-state index in [1.165, 1.54) is 29.9 Å². The molecule has 1 fully saturated rings. The molecule has 1 aliphatic heterocycles. The van der Waals surface area contributed by atoms with Gasteiger partial charge in [-0.25, -0.2) is 0 Å². The zero-order valence-electron chi connectivity index (χ0n) is 14.4. The Hall–Kier alpha value is -2.15. The Balaban J connectivity index is 1.77. The van der Waals surface area contributed by atoms with Crippen molar-refractivity contribution in [1.82, 2.24) is 14.8 Å². The Kier molecular flexibility index (Phi) is 6.54. The first-order valence-corrected chi connectivity index (χ1v) is 8.44. The number of pyridine rings is 1. The van der Waals surface area contributed by atoms with E-state index in [1.807, 2.05) is 0 Å². The largest absolute Gasteiger partial charge is 0.348 e. The predicted octanol–water partition coefficient (Wildman–Crippen LogP) is 0.562. The minimum absolute atomic E-state index is 0.0986. The van der Waals surface area contributed by atoms with Crippen molar-refractivity contribution < 1.29 is 9.59 Å². The van der Waals surface area contributed by atoms with Crippen LogP contribution in [0.2, 0.25) is 0 Å². The second-order valence-corrected chi connectivity index (χ2v) is 6.47. The molecule has 0 aliphatic carbocycles. The number of carbonyl (C=O) groups is 2. The van der Waals surface area contributed by atoms with Crippen molar-refractivity contribution in [3.05, 3.63) is 28.7 Å². The number of nitrogens with one attached hydrogen (secondary N) is 2. The number of amides is 2. The molecule has 0 radical (unpaired) electrons. The smallest absolute Gasteiger partial charge is 0.313 e. The summed E-state index contributed by atoms with van der Waals surface area (Å²) < 4.78 is 1.34. The van der Waals surface area contributed by atoms with Crippen molar-refractivity contribution >= 4 is 17.5 Å². The lowest BCUT2D eigenvalue weighted by atomic mass is 10.1. The molecule has 2 N–H and O–H groups in total. The second kappa shape index (κ2) is 8.63. The van der Waals surface area contributed by atoms with Gasteiger partial charge in [0.15, 0.2) is 0 Å². The Morgan fingerprint density at radius 1 is 1.21 bits per heavy atom. The molecule has 1 aromatic rings. The molecular formula is C17H26N4O3. The first-order valence-electron chi connectivity index (χ1n) is 8.44. The first-order chi connectivity index (χ1) is 11.5. The third-order valence-electron chi connectivity index (χ3n) is 4.21. The maximum atomic E-state index is 11.9. The van der Waals surface area contributed by atoms with Gasteiger partial charge in [0, 0.05) is 26.3 Å². The van der Waals surface area contributed by atoms with Crippen LogP contribution in [0.15, 0.2) is 23.1 Å². The number of carbonyl (C=O) groups excluding carboxylic acids is 2. The molecule has 2 heterocycles. The summed E-state index contributed by atoms with van der Waals surface area (Å²) in [4.78, 5) is 38.0. The average Bonchev–Trinajstić information content (AvgIpc) is 2.57. The number of likely N-dealkylation sites (tertiary alicyclic amines) is 1. The highest BCUT2D eigenvalue weighted by molar-refractivity contribution is 6.39. The number of hydrogen-bond acceptors (Lipinski definition) is 4. The summed E-state index contributed by atoms with van der Waals surface area (Å²) in [5, 5.41) is 5.00. The minimum Gasteiger partial charge on any atom is -0.348 e. The number of piperidine rings is 1. The Labute approximate surface area is 142 Å². The van der Waals surface area contributed by atoms with Crippen molar-refractivity contribution in [3.63, 3.8) is 0 Å². The fourth-order valence-corrected chi connectivity index (χ4v) is 2.87. The van der Waals surface area contributed by atoms with Gasteiger partial charge in [0.2, 0.25) is 0 Å². The van der Waals surface area contributed by atoms with Gasteiger partial charge in [-0.15, -0.1) is 0 Å². The number of anilines is 1. The van der Waals surface area contributed by atoms with Crippen LogP contribution in [-0.4, -0.2) is 47.5 Å². The van der Waals surface area contributed by atoms with Crippen LogP contribution in [0.1, 0.15) is 26.2 Å². The van der Waals surface area contributed by atoms with Crippen molar-refractivity contribution in [3.8, 4) is 0 Å². The van der Waals surface area contributed by atoms with Crippen LogP contribution < -0.4 is 16.2 Å². The Morgan fingerprint density at radius 2 is 1.92 bits per heavy atom. The highest BCUT2D eigenvalue weighted by atomic mass is 16.2. The van der Waals surface area contributed by atoms with E-state index < -0.39 is 11.8 Å². The van der Waals surface area contributed by atoms with E-state index in [-0.39, 0.29) is 17.2 Å². The van der Waals surface area contributed by atoms with Gasteiger partial charge in [0.1, 0.15) is 5.69 Å². The van der Waals surface area contributed by atoms with E-state index in [4.69, 9.17) is 0 Å². The van der Waals surface area contributed by atoms with Gasteiger partial charge in [0.05, 0.1) is 0 Å². The summed E-state index contributed by atoms with van der Waals surface area (Å²) in [6, 6.07) is 3.11. The molecule has 132 valence electrons. The summed E-state index contributed by atoms with van der Waals surface area (Å²) in [6.07, 6.45) is 5.34. The lowest BCUT2D eigenvalue weighted by Gasteiger charge is -2.29. The molecule has 1 saturated heterocycles. The zero-order valence-corrected chi connectivity index (χ0v) is 14.4. The van der Waals surface area contributed by atoms with Crippen LogP contribution in [0.4, 0.5) is 5.69 Å². The van der Waals surface area contributed by atoms with E-state index in [9.17, 15) is 14.4 Å². The van der Waals surface area contributed by atoms with E-state index in [0.717, 1.165) is 19.6 Å². The predicted molar refractivity (Wildman–Crippen MR) is 92.8 cm³/mol. The molecular weight excluding hydrogens is 308 g/mol. The first kappa shape index (κ1) is 18.2. The summed E-state index contributed by atoms with van der Waals surface area (Å²) in [6.45, 7) is 5.63. The van der Waals surface area contributed by atoms with Crippen molar-refractivity contribution in [1.29, 1.82) is 0 Å². The molecule has 1 aliphatic rings. The van der Waals surface area contributed by atoms with Gasteiger partial charge in [0.25, 0.3) is 5.56 Å². The molecule has 0 spiro atoms. The topological polar surface area (TPSA) is 83.4 Å². The van der Waals surface area contributed by atoms with Crippen molar-refractivity contribution in [2.45, 2.75) is 26.2 Å². The standard InChI is InChI=1S/C17H26N4O3/c1-13(12-21-9-4-3-5-10-21)11-18-15(22)16(23)19-14-7-6-8-20(2)17(14)24/h6-8,13H,3-5,9-12H2,1-2H3,(H,18,22)(H,19,23)/t13-/m1/s1. The van der Waals surface area contributed by atoms with Gasteiger partial charge in [-0.1, -0.05) is 13.3 Å². The molecule has 7 nitrogen and oxygen atoms in total. The van der Waals surface area contributed by atoms with Crippen LogP contribution >= 0.6 is 0 Å². The number of nitrogens with zero attached hydrogens (tertiary/aromatic N) is 2. The number of rotatable bonds is 5. The Morgan fingerprint density at radius 3 is 2.62 bits per heavy atom. The SMILES string of the molecule is C[C@H](CNC(=O)C(=O)Nc1cccn(C)c1=O)CN1CCCCC1. The monoisotopic (exact) mass is 334 g/mol. The molecule has 2 amide bonds. The molecule has 0 unspecified atom stereocenters. The third-order valence-corrected chi connectivity index (χ3v) is 4.21. The molecule has 1 aromatic heterocycles. The van der Waals surface area contributed by atoms with E-state index in [1.54, 1.807) is 19.3 Å². The average molecular weight is 334 g/mol. The highest BCUT2D eigenvalue weighted by Crippen LogP contribution is 2.10. The van der Waals surface area contributed by atoms with Crippen LogP contribution in [0.5, 0.6) is 0 Å². The number of aryl methyl sites for hydroxylation is 1. The fourth-order valence-electron chi connectivity index (χ4n) is 2.87. The fraction of sp³-hybridized carbons (Fsp3) is 0.588. The summed E-state index contributed by atoms with van der Waals surface area (Å²) in [7, 11) is 1.58. The van der Waals surface area contributed by atoms with Gasteiger partial charge in [-0.2, -0.15) is 0 Å². The van der Waals surface area contributed by atoms with E-state index in [2.05, 4.69) is 22.5 Å². The normalized spacial score (nSPS) is 16.4. The van der Waals surface area contributed by atoms with E-state index in [0.29, 0.717) is 6.54 Å². The summed E-state index contributed by atoms with van der Waals surface area (Å²) in [5.74, 6) is -1.26. The lowest BCUT2D eigenvalue weighted by molar-refractivity contribution is -0.136. The Bertz CT molecular complexity index is 635. The number of hydrogen-bond donors (Lipinski definition) is 2. The minimum atomic E-state index is -0.816. The molecule has 0 aromatic carbocycles. The highest BCUT2D eigenvalue weighted by Gasteiger charge is 2.18. The van der Waals surface area contributed by atoms with Gasteiger partial charge >= 0.3 is 11.8 Å². The quantitative estimate of drug-likeness (QED) is 0.771. The second-order valence-electron chi connectivity index (χ2n) is 6.47. The van der Waals surface area contributed by atoms with Crippen LogP contribution in [0.25, 0.3) is 0 Å². The summed E-state index contributed by atoms with van der Waals surface area (Å²) in [5.41, 5.74) is -0.251. The molecule has 0 saturated carbocycles. The van der Waals surface area contributed by atoms with Crippen LogP contribution in [0.3, 0.4) is 0 Å². The maximum Gasteiger partial charge on any atom is 0.313 e. The lowest BCUT2D eigenvalue weighted by Crippen LogP contribution is -2.41.